The lowest BCUT2D eigenvalue weighted by atomic mass is 9.69. The third-order valence-corrected chi connectivity index (χ3v) is 4.64. The lowest BCUT2D eigenvalue weighted by molar-refractivity contribution is -0.145. The molecule has 104 valence electrons. The number of aliphatic carboxylic acids is 1. The molecule has 1 aromatic rings. The molecule has 2 rings (SSSR count). The number of benzene rings is 1. The van der Waals surface area contributed by atoms with Gasteiger partial charge in [-0.2, -0.15) is 0 Å². The number of carboxylic acid groups (broad SMARTS) is 1. The zero-order valence-electron chi connectivity index (χ0n) is 12.0. The molecule has 19 heavy (non-hydrogen) atoms. The molecule has 0 spiro atoms. The van der Waals surface area contributed by atoms with Gasteiger partial charge in [-0.1, -0.05) is 51.3 Å². The van der Waals surface area contributed by atoms with Crippen molar-refractivity contribution >= 4 is 5.97 Å². The van der Waals surface area contributed by atoms with Crippen LogP contribution < -0.4 is 0 Å². The zero-order chi connectivity index (χ0) is 13.9. The van der Waals surface area contributed by atoms with Gasteiger partial charge in [-0.05, 0) is 42.4 Å². The smallest absolute Gasteiger partial charge is 0.314 e. The number of hydrogen-bond donors (Lipinski definition) is 1. The van der Waals surface area contributed by atoms with Gasteiger partial charge in [0.25, 0.3) is 0 Å². The number of hydrogen-bond acceptors (Lipinski definition) is 1. The quantitative estimate of drug-likeness (QED) is 0.885. The molecule has 0 aromatic heterocycles. The van der Waals surface area contributed by atoms with Gasteiger partial charge >= 0.3 is 5.97 Å². The molecule has 2 nitrogen and oxygen atoms in total. The first-order valence-corrected chi connectivity index (χ1v) is 7.49. The molecule has 2 heteroatoms. The first kappa shape index (κ1) is 14.1. The van der Waals surface area contributed by atoms with Crippen molar-refractivity contribution in [2.75, 3.05) is 0 Å². The number of carboxylic acids is 1. The molecule has 0 atom stereocenters. The van der Waals surface area contributed by atoms with Crippen molar-refractivity contribution in [3.05, 3.63) is 34.9 Å². The second-order valence-corrected chi connectivity index (χ2v) is 5.64. The fraction of sp³-hybridized carbons (Fsp3) is 0.588. The normalized spacial score (nSPS) is 18.2. The number of carbonyl (C=O) groups is 1. The Morgan fingerprint density at radius 1 is 1.11 bits per heavy atom. The van der Waals surface area contributed by atoms with Crippen molar-refractivity contribution < 1.29 is 9.90 Å². The van der Waals surface area contributed by atoms with Gasteiger partial charge in [0.1, 0.15) is 0 Å². The highest BCUT2D eigenvalue weighted by molar-refractivity contribution is 5.81. The van der Waals surface area contributed by atoms with E-state index < -0.39 is 11.4 Å². The van der Waals surface area contributed by atoms with Crippen molar-refractivity contribution in [1.29, 1.82) is 0 Å². The minimum Gasteiger partial charge on any atom is -0.481 e. The van der Waals surface area contributed by atoms with Crippen molar-refractivity contribution in [1.82, 2.24) is 0 Å². The minimum absolute atomic E-state index is 0.631. The summed E-state index contributed by atoms with van der Waals surface area (Å²) in [5, 5.41) is 9.73. The highest BCUT2D eigenvalue weighted by atomic mass is 16.4. The Morgan fingerprint density at radius 3 is 2.26 bits per heavy atom. The molecule has 1 saturated carbocycles. The van der Waals surface area contributed by atoms with Gasteiger partial charge in [0.15, 0.2) is 0 Å². The molecule has 1 N–H and O–H groups in total. The van der Waals surface area contributed by atoms with Gasteiger partial charge in [-0.25, -0.2) is 0 Å². The van der Waals surface area contributed by atoms with Crippen LogP contribution in [0.4, 0.5) is 0 Å². The maximum absolute atomic E-state index is 11.8. The lowest BCUT2D eigenvalue weighted by Crippen LogP contribution is -2.37. The van der Waals surface area contributed by atoms with Gasteiger partial charge in [0, 0.05) is 0 Å². The molecule has 1 aromatic carbocycles. The monoisotopic (exact) mass is 260 g/mol. The Balaban J connectivity index is 2.45. The predicted octanol–water partition coefficient (Wildman–Crippen LogP) is 4.10. The summed E-state index contributed by atoms with van der Waals surface area (Å²) in [5.74, 6) is -0.640. The van der Waals surface area contributed by atoms with Gasteiger partial charge in [0.05, 0.1) is 5.41 Å². The maximum Gasteiger partial charge on any atom is 0.314 e. The molecule has 1 fully saturated rings. The largest absolute Gasteiger partial charge is 0.481 e. The van der Waals surface area contributed by atoms with Crippen molar-refractivity contribution in [2.45, 2.75) is 64.2 Å². The van der Waals surface area contributed by atoms with E-state index in [1.807, 2.05) is 0 Å². The summed E-state index contributed by atoms with van der Waals surface area (Å²) in [6.45, 7) is 4.30. The van der Waals surface area contributed by atoms with E-state index in [4.69, 9.17) is 0 Å². The Morgan fingerprint density at radius 2 is 1.74 bits per heavy atom. The van der Waals surface area contributed by atoms with Crippen LogP contribution in [0, 0.1) is 0 Å². The van der Waals surface area contributed by atoms with E-state index in [1.165, 1.54) is 17.5 Å². The van der Waals surface area contributed by atoms with E-state index in [2.05, 4.69) is 32.0 Å². The molecule has 1 aliphatic carbocycles. The highest BCUT2D eigenvalue weighted by Gasteiger charge is 2.41. The van der Waals surface area contributed by atoms with Crippen LogP contribution in [0.25, 0.3) is 0 Å². The summed E-state index contributed by atoms with van der Waals surface area (Å²) >= 11 is 0. The van der Waals surface area contributed by atoms with E-state index >= 15 is 0 Å². The Labute approximate surface area is 115 Å². The van der Waals surface area contributed by atoms with Crippen LogP contribution in [0.15, 0.2) is 18.2 Å². The van der Waals surface area contributed by atoms with Crippen LogP contribution in [-0.2, 0) is 23.1 Å². The maximum atomic E-state index is 11.8. The fourth-order valence-electron chi connectivity index (χ4n) is 3.38. The van der Waals surface area contributed by atoms with Gasteiger partial charge in [0.2, 0.25) is 0 Å². The second-order valence-electron chi connectivity index (χ2n) is 5.64. The highest BCUT2D eigenvalue weighted by Crippen LogP contribution is 2.40. The third kappa shape index (κ3) is 2.54. The van der Waals surface area contributed by atoms with Crippen molar-refractivity contribution in [3.8, 4) is 0 Å². The summed E-state index contributed by atoms with van der Waals surface area (Å²) < 4.78 is 0. The first-order chi connectivity index (χ1) is 9.14. The van der Waals surface area contributed by atoms with E-state index in [1.54, 1.807) is 0 Å². The molecule has 0 heterocycles. The standard InChI is InChI=1S/C17H24O2/c1-3-13-8-9-15(12-14(13)4-2)17(16(18)19)10-6-5-7-11-17/h8-9,12H,3-7,10-11H2,1-2H3,(H,18,19). The average molecular weight is 260 g/mol. The Kier molecular flexibility index (Phi) is 4.28. The fourth-order valence-corrected chi connectivity index (χ4v) is 3.38. The van der Waals surface area contributed by atoms with Gasteiger partial charge in [-0.15, -0.1) is 0 Å². The van der Waals surface area contributed by atoms with Gasteiger partial charge in [-0.3, -0.25) is 4.79 Å². The van der Waals surface area contributed by atoms with Gasteiger partial charge < -0.3 is 5.11 Å². The number of rotatable bonds is 4. The van der Waals surface area contributed by atoms with Crippen LogP contribution in [0.1, 0.15) is 62.6 Å². The molecular formula is C17H24O2. The summed E-state index contributed by atoms with van der Waals surface area (Å²) in [6.07, 6.45) is 6.80. The first-order valence-electron chi connectivity index (χ1n) is 7.49. The molecule has 0 unspecified atom stereocenters. The van der Waals surface area contributed by atoms with Crippen LogP contribution >= 0.6 is 0 Å². The van der Waals surface area contributed by atoms with E-state index in [0.29, 0.717) is 0 Å². The summed E-state index contributed by atoms with van der Waals surface area (Å²) in [4.78, 5) is 11.8. The van der Waals surface area contributed by atoms with E-state index in [0.717, 1.165) is 44.1 Å². The van der Waals surface area contributed by atoms with Crippen LogP contribution in [0.5, 0.6) is 0 Å². The van der Waals surface area contributed by atoms with E-state index in [9.17, 15) is 9.90 Å². The number of aryl methyl sites for hydroxylation is 2. The average Bonchev–Trinajstić information content (AvgIpc) is 2.47. The second kappa shape index (κ2) is 5.77. The zero-order valence-corrected chi connectivity index (χ0v) is 12.0. The SMILES string of the molecule is CCc1ccc(C2(C(=O)O)CCCCC2)cc1CC. The lowest BCUT2D eigenvalue weighted by Gasteiger charge is -2.34. The third-order valence-electron chi connectivity index (χ3n) is 4.64. The Hall–Kier alpha value is -1.31. The summed E-state index contributed by atoms with van der Waals surface area (Å²) in [7, 11) is 0. The van der Waals surface area contributed by atoms with Crippen LogP contribution in [0.3, 0.4) is 0 Å². The molecule has 0 radical (unpaired) electrons. The molecule has 1 aliphatic rings. The molecule has 0 bridgehead atoms. The molecule has 0 amide bonds. The molecule has 0 saturated heterocycles. The minimum atomic E-state index is -0.640. The van der Waals surface area contributed by atoms with Crippen LogP contribution in [-0.4, -0.2) is 11.1 Å². The predicted molar refractivity (Wildman–Crippen MR) is 77.6 cm³/mol. The summed E-state index contributed by atoms with van der Waals surface area (Å²) in [5.41, 5.74) is 3.05. The Bertz CT molecular complexity index is 456. The van der Waals surface area contributed by atoms with Crippen molar-refractivity contribution in [2.24, 2.45) is 0 Å². The molecule has 0 aliphatic heterocycles. The summed E-state index contributed by atoms with van der Waals surface area (Å²) in [6, 6.07) is 6.34. The van der Waals surface area contributed by atoms with E-state index in [-0.39, 0.29) is 0 Å². The van der Waals surface area contributed by atoms with Crippen LogP contribution in [0.2, 0.25) is 0 Å². The molecular weight excluding hydrogens is 236 g/mol. The van der Waals surface area contributed by atoms with Crippen molar-refractivity contribution in [3.63, 3.8) is 0 Å². The topological polar surface area (TPSA) is 37.3 Å².